The van der Waals surface area contributed by atoms with Crippen molar-refractivity contribution in [2.75, 3.05) is 6.54 Å². The van der Waals surface area contributed by atoms with Crippen molar-refractivity contribution < 1.29 is 14.3 Å². The summed E-state index contributed by atoms with van der Waals surface area (Å²) in [7, 11) is 0. The largest absolute Gasteiger partial charge is 0.483 e. The highest BCUT2D eigenvalue weighted by molar-refractivity contribution is 6.11. The summed E-state index contributed by atoms with van der Waals surface area (Å²) >= 11 is 0. The van der Waals surface area contributed by atoms with Gasteiger partial charge in [0.15, 0.2) is 11.5 Å². The molecular formula is C24H31NO3. The predicted molar refractivity (Wildman–Crippen MR) is 109 cm³/mol. The van der Waals surface area contributed by atoms with Crippen molar-refractivity contribution in [3.8, 4) is 0 Å². The van der Waals surface area contributed by atoms with E-state index in [2.05, 4.69) is 45.0 Å². The van der Waals surface area contributed by atoms with E-state index in [0.717, 1.165) is 44.1 Å². The first kappa shape index (κ1) is 19.2. The number of fused-ring (bicyclic) bond motifs is 1. The van der Waals surface area contributed by atoms with E-state index in [-0.39, 0.29) is 29.8 Å². The van der Waals surface area contributed by atoms with Crippen molar-refractivity contribution in [3.63, 3.8) is 0 Å². The number of carbonyl (C=O) groups is 2. The van der Waals surface area contributed by atoms with Crippen LogP contribution in [0.25, 0.3) is 0 Å². The van der Waals surface area contributed by atoms with Gasteiger partial charge < -0.3 is 9.64 Å². The van der Waals surface area contributed by atoms with Crippen LogP contribution in [0.15, 0.2) is 35.6 Å². The number of ketones is 1. The van der Waals surface area contributed by atoms with Gasteiger partial charge in [-0.25, -0.2) is 0 Å². The van der Waals surface area contributed by atoms with Crippen LogP contribution in [-0.2, 0) is 14.3 Å². The fraction of sp³-hybridized carbons (Fsp3) is 0.583. The first-order valence-corrected chi connectivity index (χ1v) is 10.9. The number of ether oxygens (including phenoxy) is 1. The fourth-order valence-corrected chi connectivity index (χ4v) is 4.86. The maximum Gasteiger partial charge on any atom is 0.290 e. The maximum absolute atomic E-state index is 13.4. The van der Waals surface area contributed by atoms with E-state index in [4.69, 9.17) is 4.74 Å². The molecule has 3 aliphatic rings. The highest BCUT2D eigenvalue weighted by Crippen LogP contribution is 2.46. The second-order valence-corrected chi connectivity index (χ2v) is 8.73. The van der Waals surface area contributed by atoms with Gasteiger partial charge >= 0.3 is 0 Å². The molecule has 3 atom stereocenters. The van der Waals surface area contributed by atoms with Crippen LogP contribution < -0.4 is 0 Å². The van der Waals surface area contributed by atoms with Crippen LogP contribution in [-0.4, -0.2) is 29.2 Å². The molecule has 1 aromatic rings. The number of nitrogens with zero attached hydrogens (tertiary/aromatic N) is 1. The standard InChI is InChI=1S/C24H31NO3/c1-4-5-14-25-21(17-12-10-16(11-13-17)15(2)3)20-22(26)18-8-6-7-9-19(18)28-23(20)24(25)27/h10-13,15,18-19,21H,4-9,14H2,1-3H3. The lowest BCUT2D eigenvalue weighted by Crippen LogP contribution is -2.39. The topological polar surface area (TPSA) is 46.6 Å². The molecular weight excluding hydrogens is 350 g/mol. The molecule has 0 saturated heterocycles. The Bertz CT molecular complexity index is 793. The number of amides is 1. The Hall–Kier alpha value is -2.10. The van der Waals surface area contributed by atoms with Gasteiger partial charge in [-0.05, 0) is 42.7 Å². The van der Waals surface area contributed by atoms with Gasteiger partial charge in [0.2, 0.25) is 0 Å². The molecule has 0 N–H and O–H groups in total. The number of rotatable bonds is 5. The third kappa shape index (κ3) is 3.17. The summed E-state index contributed by atoms with van der Waals surface area (Å²) in [4.78, 5) is 28.5. The highest BCUT2D eigenvalue weighted by Gasteiger charge is 2.51. The van der Waals surface area contributed by atoms with Crippen LogP contribution in [0.1, 0.15) is 82.4 Å². The van der Waals surface area contributed by atoms with Crippen LogP contribution in [0.2, 0.25) is 0 Å². The van der Waals surface area contributed by atoms with Crippen LogP contribution in [0.3, 0.4) is 0 Å². The number of hydrogen-bond acceptors (Lipinski definition) is 3. The van der Waals surface area contributed by atoms with E-state index in [1.165, 1.54) is 5.56 Å². The molecule has 3 unspecified atom stereocenters. The summed E-state index contributed by atoms with van der Waals surface area (Å²) < 4.78 is 6.19. The van der Waals surface area contributed by atoms with Crippen LogP contribution in [0.5, 0.6) is 0 Å². The van der Waals surface area contributed by atoms with Gasteiger partial charge in [-0.2, -0.15) is 0 Å². The molecule has 1 aliphatic carbocycles. The van der Waals surface area contributed by atoms with E-state index in [1.807, 2.05) is 4.90 Å². The Morgan fingerprint density at radius 1 is 1.11 bits per heavy atom. The van der Waals surface area contributed by atoms with E-state index in [0.29, 0.717) is 23.8 Å². The number of hydrogen-bond donors (Lipinski definition) is 0. The molecule has 4 rings (SSSR count). The smallest absolute Gasteiger partial charge is 0.290 e. The number of unbranched alkanes of at least 4 members (excludes halogenated alkanes) is 1. The summed E-state index contributed by atoms with van der Waals surface area (Å²) in [5.41, 5.74) is 2.90. The lowest BCUT2D eigenvalue weighted by atomic mass is 9.77. The molecule has 0 radical (unpaired) electrons. The second-order valence-electron chi connectivity index (χ2n) is 8.73. The molecule has 2 aliphatic heterocycles. The molecule has 1 amide bonds. The third-order valence-electron chi connectivity index (χ3n) is 6.53. The number of carbonyl (C=O) groups excluding carboxylic acids is 2. The number of Topliss-reactive ketones (excluding diaryl/α,β-unsaturated/α-hetero) is 1. The summed E-state index contributed by atoms with van der Waals surface area (Å²) in [6.45, 7) is 7.12. The summed E-state index contributed by atoms with van der Waals surface area (Å²) in [6, 6.07) is 8.12. The van der Waals surface area contributed by atoms with E-state index >= 15 is 0 Å². The minimum atomic E-state index is -0.300. The third-order valence-corrected chi connectivity index (χ3v) is 6.53. The van der Waals surface area contributed by atoms with Gasteiger partial charge in [-0.3, -0.25) is 9.59 Å². The van der Waals surface area contributed by atoms with Crippen LogP contribution >= 0.6 is 0 Å². The zero-order valence-electron chi connectivity index (χ0n) is 17.2. The molecule has 0 spiro atoms. The Balaban J connectivity index is 1.74. The van der Waals surface area contributed by atoms with Gasteiger partial charge in [0.1, 0.15) is 6.10 Å². The van der Waals surface area contributed by atoms with Crippen molar-refractivity contribution in [2.45, 2.75) is 77.4 Å². The van der Waals surface area contributed by atoms with Gasteiger partial charge in [0, 0.05) is 6.54 Å². The average Bonchev–Trinajstić information content (AvgIpc) is 2.99. The first-order valence-electron chi connectivity index (χ1n) is 10.9. The Labute approximate surface area is 167 Å². The Morgan fingerprint density at radius 3 is 2.50 bits per heavy atom. The lowest BCUT2D eigenvalue weighted by molar-refractivity contribution is -0.135. The molecule has 0 aromatic heterocycles. The van der Waals surface area contributed by atoms with E-state index < -0.39 is 0 Å². The molecule has 4 nitrogen and oxygen atoms in total. The fourth-order valence-electron chi connectivity index (χ4n) is 4.86. The van der Waals surface area contributed by atoms with Crippen molar-refractivity contribution in [1.82, 2.24) is 4.90 Å². The minimum absolute atomic E-state index is 0.0798. The average molecular weight is 382 g/mol. The lowest BCUT2D eigenvalue weighted by Gasteiger charge is -2.35. The molecule has 0 bridgehead atoms. The van der Waals surface area contributed by atoms with E-state index in [1.54, 1.807) is 0 Å². The summed E-state index contributed by atoms with van der Waals surface area (Å²) in [5.74, 6) is 0.758. The monoisotopic (exact) mass is 381 g/mol. The van der Waals surface area contributed by atoms with Crippen molar-refractivity contribution in [2.24, 2.45) is 5.92 Å². The molecule has 2 heterocycles. The molecule has 1 aromatic carbocycles. The SMILES string of the molecule is CCCCN1C(=O)C2=C(C(=O)C3CCCCC3O2)C1c1ccc(C(C)C)cc1. The zero-order valence-corrected chi connectivity index (χ0v) is 17.2. The molecule has 1 fully saturated rings. The van der Waals surface area contributed by atoms with Gasteiger partial charge in [-0.1, -0.05) is 57.9 Å². The van der Waals surface area contributed by atoms with Gasteiger partial charge in [-0.15, -0.1) is 0 Å². The Morgan fingerprint density at radius 2 is 1.82 bits per heavy atom. The van der Waals surface area contributed by atoms with Gasteiger partial charge in [0.05, 0.1) is 17.5 Å². The van der Waals surface area contributed by atoms with Crippen LogP contribution in [0.4, 0.5) is 0 Å². The Kier molecular flexibility index (Phi) is 5.31. The number of benzene rings is 1. The molecule has 150 valence electrons. The molecule has 28 heavy (non-hydrogen) atoms. The summed E-state index contributed by atoms with van der Waals surface area (Å²) in [5, 5.41) is 0. The highest BCUT2D eigenvalue weighted by atomic mass is 16.5. The second kappa shape index (κ2) is 7.73. The van der Waals surface area contributed by atoms with Crippen LogP contribution in [0, 0.1) is 5.92 Å². The van der Waals surface area contributed by atoms with Gasteiger partial charge in [0.25, 0.3) is 5.91 Å². The van der Waals surface area contributed by atoms with Crippen molar-refractivity contribution in [3.05, 3.63) is 46.7 Å². The zero-order chi connectivity index (χ0) is 19.8. The van der Waals surface area contributed by atoms with Crippen molar-refractivity contribution >= 4 is 11.7 Å². The minimum Gasteiger partial charge on any atom is -0.483 e. The summed E-state index contributed by atoms with van der Waals surface area (Å²) in [6.07, 6.45) is 5.72. The first-order chi connectivity index (χ1) is 13.5. The quantitative estimate of drug-likeness (QED) is 0.728. The van der Waals surface area contributed by atoms with E-state index in [9.17, 15) is 9.59 Å². The van der Waals surface area contributed by atoms with Crippen molar-refractivity contribution in [1.29, 1.82) is 0 Å². The maximum atomic E-state index is 13.4. The normalized spacial score (nSPS) is 27.1. The molecule has 4 heteroatoms. The predicted octanol–water partition coefficient (Wildman–Crippen LogP) is 4.91. The molecule has 1 saturated carbocycles.